The lowest BCUT2D eigenvalue weighted by Crippen LogP contribution is -2.16. The van der Waals surface area contributed by atoms with Gasteiger partial charge in [-0.05, 0) is 6.07 Å². The lowest BCUT2D eigenvalue weighted by molar-refractivity contribution is -0.143. The molecule has 0 amide bonds. The van der Waals surface area contributed by atoms with Crippen molar-refractivity contribution in [3.05, 3.63) is 28.6 Å². The number of alkyl halides is 6. The van der Waals surface area contributed by atoms with E-state index in [1.165, 1.54) is 0 Å². The SMILES string of the molecule is O=C(O)c1cc(C(F)F)c(C(F)(F)F)nc1CBr. The van der Waals surface area contributed by atoms with Crippen molar-refractivity contribution in [1.29, 1.82) is 0 Å². The number of aromatic carboxylic acids is 1. The van der Waals surface area contributed by atoms with Gasteiger partial charge < -0.3 is 5.11 Å². The first-order valence-corrected chi connectivity index (χ1v) is 5.49. The summed E-state index contributed by atoms with van der Waals surface area (Å²) in [6.45, 7) is 0. The maximum absolute atomic E-state index is 12.5. The molecule has 18 heavy (non-hydrogen) atoms. The Bertz CT molecular complexity index is 475. The van der Waals surface area contributed by atoms with Gasteiger partial charge in [-0.2, -0.15) is 13.2 Å². The molecule has 9 heteroatoms. The standard InChI is InChI=1S/C9H5BrF5NO2/c10-2-5-3(8(17)18)1-4(7(11)12)6(16-5)9(13,14)15/h1,7H,2H2,(H,17,18). The lowest BCUT2D eigenvalue weighted by Gasteiger charge is -2.14. The second-order valence-electron chi connectivity index (χ2n) is 3.16. The molecule has 0 aliphatic rings. The first-order valence-electron chi connectivity index (χ1n) is 4.37. The van der Waals surface area contributed by atoms with Crippen LogP contribution in [0.3, 0.4) is 0 Å². The maximum atomic E-state index is 12.5. The molecule has 0 saturated heterocycles. The number of carboxylic acids is 1. The molecule has 1 N–H and O–H groups in total. The molecule has 0 aromatic carbocycles. The number of rotatable bonds is 3. The Balaban J connectivity index is 3.57. The van der Waals surface area contributed by atoms with Crippen LogP contribution in [0.5, 0.6) is 0 Å². The molecule has 0 radical (unpaired) electrons. The molecule has 0 atom stereocenters. The summed E-state index contributed by atoms with van der Waals surface area (Å²) in [5.74, 6) is -1.62. The molecule has 1 heterocycles. The maximum Gasteiger partial charge on any atom is 0.433 e. The second-order valence-corrected chi connectivity index (χ2v) is 3.72. The molecule has 0 spiro atoms. The van der Waals surface area contributed by atoms with Crippen LogP contribution < -0.4 is 0 Å². The minimum atomic E-state index is -5.07. The van der Waals surface area contributed by atoms with E-state index >= 15 is 0 Å². The average Bonchev–Trinajstić information content (AvgIpc) is 2.25. The van der Waals surface area contributed by atoms with E-state index in [9.17, 15) is 26.7 Å². The van der Waals surface area contributed by atoms with Gasteiger partial charge in [0.05, 0.1) is 11.3 Å². The lowest BCUT2D eigenvalue weighted by atomic mass is 10.1. The van der Waals surface area contributed by atoms with Gasteiger partial charge in [0.15, 0.2) is 5.69 Å². The third-order valence-corrected chi connectivity index (χ3v) is 2.52. The van der Waals surface area contributed by atoms with Gasteiger partial charge in [0.1, 0.15) is 0 Å². The Morgan fingerprint density at radius 1 is 1.44 bits per heavy atom. The number of hydrogen-bond donors (Lipinski definition) is 1. The van der Waals surface area contributed by atoms with Crippen LogP contribution in [-0.4, -0.2) is 16.1 Å². The normalized spacial score (nSPS) is 11.9. The molecule has 0 saturated carbocycles. The molecule has 1 aromatic rings. The van der Waals surface area contributed by atoms with E-state index in [0.29, 0.717) is 6.07 Å². The van der Waals surface area contributed by atoms with Crippen molar-refractivity contribution in [2.45, 2.75) is 17.9 Å². The molecule has 0 aliphatic heterocycles. The fourth-order valence-corrected chi connectivity index (χ4v) is 1.67. The molecular formula is C9H5BrF5NO2. The number of halogens is 6. The van der Waals surface area contributed by atoms with E-state index in [-0.39, 0.29) is 5.33 Å². The summed E-state index contributed by atoms with van der Waals surface area (Å²) in [4.78, 5) is 13.7. The highest BCUT2D eigenvalue weighted by Gasteiger charge is 2.39. The highest BCUT2D eigenvalue weighted by molar-refractivity contribution is 9.08. The highest BCUT2D eigenvalue weighted by Crippen LogP contribution is 2.36. The summed E-state index contributed by atoms with van der Waals surface area (Å²) in [5.41, 5.74) is -4.35. The minimum Gasteiger partial charge on any atom is -0.478 e. The van der Waals surface area contributed by atoms with Gasteiger partial charge >= 0.3 is 12.1 Å². The number of aromatic nitrogens is 1. The second kappa shape index (κ2) is 5.17. The topological polar surface area (TPSA) is 50.2 Å². The predicted molar refractivity (Wildman–Crippen MR) is 53.8 cm³/mol. The van der Waals surface area contributed by atoms with E-state index in [1.807, 2.05) is 0 Å². The zero-order valence-electron chi connectivity index (χ0n) is 8.43. The first-order chi connectivity index (χ1) is 8.18. The zero-order chi connectivity index (χ0) is 14.1. The molecule has 0 aliphatic carbocycles. The summed E-state index contributed by atoms with van der Waals surface area (Å²) >= 11 is 2.76. The van der Waals surface area contributed by atoms with Crippen LogP contribution in [0.2, 0.25) is 0 Å². The van der Waals surface area contributed by atoms with Crippen molar-refractivity contribution < 1.29 is 31.9 Å². The molecule has 3 nitrogen and oxygen atoms in total. The molecule has 100 valence electrons. The van der Waals surface area contributed by atoms with E-state index in [4.69, 9.17) is 5.11 Å². The van der Waals surface area contributed by atoms with Crippen LogP contribution >= 0.6 is 15.9 Å². The van der Waals surface area contributed by atoms with E-state index < -0.39 is 41.1 Å². The van der Waals surface area contributed by atoms with Crippen molar-refractivity contribution in [1.82, 2.24) is 4.98 Å². The van der Waals surface area contributed by atoms with E-state index in [0.717, 1.165) is 0 Å². The molecule has 0 unspecified atom stereocenters. The minimum absolute atomic E-state index is 0.290. The van der Waals surface area contributed by atoms with Gasteiger partial charge in [-0.1, -0.05) is 15.9 Å². The smallest absolute Gasteiger partial charge is 0.433 e. The fourth-order valence-electron chi connectivity index (χ4n) is 1.25. The Labute approximate surface area is 106 Å². The Morgan fingerprint density at radius 3 is 2.33 bits per heavy atom. The monoisotopic (exact) mass is 333 g/mol. The molecule has 1 rings (SSSR count). The van der Waals surface area contributed by atoms with Crippen molar-refractivity contribution in [2.24, 2.45) is 0 Å². The summed E-state index contributed by atoms with van der Waals surface area (Å²) in [7, 11) is 0. The number of nitrogens with zero attached hydrogens (tertiary/aromatic N) is 1. The number of carboxylic acid groups (broad SMARTS) is 1. The quantitative estimate of drug-likeness (QED) is 0.678. The molecule has 0 bridgehead atoms. The van der Waals surface area contributed by atoms with Gasteiger partial charge in [-0.3, -0.25) is 0 Å². The average molecular weight is 334 g/mol. The van der Waals surface area contributed by atoms with Gasteiger partial charge in [0, 0.05) is 10.9 Å². The fraction of sp³-hybridized carbons (Fsp3) is 0.333. The van der Waals surface area contributed by atoms with Gasteiger partial charge in [0.25, 0.3) is 6.43 Å². The van der Waals surface area contributed by atoms with Crippen molar-refractivity contribution in [3.8, 4) is 0 Å². The van der Waals surface area contributed by atoms with Crippen LogP contribution in [0.4, 0.5) is 22.0 Å². The van der Waals surface area contributed by atoms with Crippen molar-refractivity contribution in [2.75, 3.05) is 0 Å². The van der Waals surface area contributed by atoms with Gasteiger partial charge in [-0.15, -0.1) is 0 Å². The van der Waals surface area contributed by atoms with Gasteiger partial charge in [0.2, 0.25) is 0 Å². The third kappa shape index (κ3) is 2.95. The summed E-state index contributed by atoms with van der Waals surface area (Å²) in [6.07, 6.45) is -8.53. The number of pyridine rings is 1. The van der Waals surface area contributed by atoms with Crippen LogP contribution in [0.1, 0.15) is 33.7 Å². The van der Waals surface area contributed by atoms with E-state index in [2.05, 4.69) is 20.9 Å². The summed E-state index contributed by atoms with van der Waals surface area (Å²) < 4.78 is 62.5. The van der Waals surface area contributed by atoms with Crippen LogP contribution in [0, 0.1) is 0 Å². The number of carbonyl (C=O) groups is 1. The summed E-state index contributed by atoms with van der Waals surface area (Å²) in [6, 6.07) is 0.305. The Kier molecular flexibility index (Phi) is 4.25. The van der Waals surface area contributed by atoms with Crippen molar-refractivity contribution >= 4 is 21.9 Å². The first kappa shape index (κ1) is 14.8. The van der Waals surface area contributed by atoms with Crippen LogP contribution in [0.25, 0.3) is 0 Å². The molecule has 1 aromatic heterocycles. The Morgan fingerprint density at radius 2 is 2.00 bits per heavy atom. The zero-order valence-corrected chi connectivity index (χ0v) is 10.0. The predicted octanol–water partition coefficient (Wildman–Crippen LogP) is 3.63. The van der Waals surface area contributed by atoms with Gasteiger partial charge in [-0.25, -0.2) is 18.6 Å². The molecular weight excluding hydrogens is 329 g/mol. The molecule has 0 fully saturated rings. The largest absolute Gasteiger partial charge is 0.478 e. The van der Waals surface area contributed by atoms with Crippen LogP contribution in [-0.2, 0) is 11.5 Å². The van der Waals surface area contributed by atoms with Crippen molar-refractivity contribution in [3.63, 3.8) is 0 Å². The Hall–Kier alpha value is -1.25. The highest BCUT2D eigenvalue weighted by atomic mass is 79.9. The van der Waals surface area contributed by atoms with E-state index in [1.54, 1.807) is 0 Å². The number of hydrogen-bond acceptors (Lipinski definition) is 2. The summed E-state index contributed by atoms with van der Waals surface area (Å²) in [5, 5.41) is 8.42. The van der Waals surface area contributed by atoms with Crippen LogP contribution in [0.15, 0.2) is 6.07 Å². The third-order valence-electron chi connectivity index (χ3n) is 1.99.